The van der Waals surface area contributed by atoms with Crippen molar-refractivity contribution in [2.45, 2.75) is 66.2 Å². The summed E-state index contributed by atoms with van der Waals surface area (Å²) in [7, 11) is 3.05. The van der Waals surface area contributed by atoms with Gasteiger partial charge in [-0.1, -0.05) is 38.4 Å². The quantitative estimate of drug-likeness (QED) is 0.212. The molecule has 0 aromatic heterocycles. The Morgan fingerprint density at radius 1 is 0.829 bits per heavy atom. The number of allylic oxidation sites excluding steroid dienone is 1. The zero-order chi connectivity index (χ0) is 26.1. The number of rotatable bonds is 13. The third kappa shape index (κ3) is 6.82. The van der Waals surface area contributed by atoms with E-state index >= 15 is 0 Å². The van der Waals surface area contributed by atoms with Crippen LogP contribution in [0.15, 0.2) is 30.3 Å². The Hall–Kier alpha value is -2.92. The predicted octanol–water partition coefficient (Wildman–Crippen LogP) is 7.43. The Balaban J connectivity index is 2.73. The van der Waals surface area contributed by atoms with Gasteiger partial charge in [-0.25, -0.2) is 0 Å². The summed E-state index contributed by atoms with van der Waals surface area (Å²) >= 11 is 6.55. The zero-order valence-corrected chi connectivity index (χ0v) is 22.3. The first-order chi connectivity index (χ1) is 16.7. The fourth-order valence-electron chi connectivity index (χ4n) is 4.08. The third-order valence-electron chi connectivity index (χ3n) is 5.99. The summed E-state index contributed by atoms with van der Waals surface area (Å²) in [5.74, 6) is 1.03. The number of Topliss-reactive ketones (excluding diaryl/α,β-unsaturated/α-hetero) is 3. The minimum Gasteiger partial charge on any atom is -0.496 e. The van der Waals surface area contributed by atoms with E-state index in [4.69, 9.17) is 21.1 Å². The van der Waals surface area contributed by atoms with Crippen LogP contribution in [-0.4, -0.2) is 31.6 Å². The summed E-state index contributed by atoms with van der Waals surface area (Å²) in [5, 5.41) is 0.337. The molecule has 0 bridgehead atoms. The van der Waals surface area contributed by atoms with Gasteiger partial charge in [0, 0.05) is 25.7 Å². The summed E-state index contributed by atoms with van der Waals surface area (Å²) < 4.78 is 11.0. The van der Waals surface area contributed by atoms with Crippen molar-refractivity contribution in [3.05, 3.63) is 63.2 Å². The number of hydrogen-bond donors (Lipinski definition) is 0. The lowest BCUT2D eigenvalue weighted by atomic mass is 9.90. The molecule has 188 valence electrons. The topological polar surface area (TPSA) is 69.7 Å². The van der Waals surface area contributed by atoms with Crippen LogP contribution >= 0.6 is 11.6 Å². The van der Waals surface area contributed by atoms with Crippen molar-refractivity contribution in [2.24, 2.45) is 0 Å². The molecule has 0 aliphatic rings. The summed E-state index contributed by atoms with van der Waals surface area (Å²) in [6, 6.07) is 7.37. The molecule has 0 N–H and O–H groups in total. The molecular weight excluding hydrogens is 464 g/mol. The molecule has 0 aliphatic heterocycles. The Bertz CT molecular complexity index is 1050. The summed E-state index contributed by atoms with van der Waals surface area (Å²) in [4.78, 5) is 37.2. The number of benzene rings is 2. The molecule has 0 saturated heterocycles. The van der Waals surface area contributed by atoms with Crippen LogP contribution in [0.5, 0.6) is 11.5 Å². The van der Waals surface area contributed by atoms with Gasteiger partial charge in [0.25, 0.3) is 0 Å². The fraction of sp³-hybridized carbons (Fsp3) is 0.414. The van der Waals surface area contributed by atoms with Crippen LogP contribution in [0.2, 0.25) is 5.02 Å². The lowest BCUT2D eigenvalue weighted by Gasteiger charge is -2.18. The van der Waals surface area contributed by atoms with Crippen molar-refractivity contribution in [1.29, 1.82) is 0 Å². The number of carbonyl (C=O) groups is 3. The maximum atomic E-state index is 12.7. The number of halogens is 1. The van der Waals surface area contributed by atoms with Crippen molar-refractivity contribution in [1.82, 2.24) is 0 Å². The number of unbranched alkanes of at least 4 members (excludes halogenated alkanes) is 1. The number of hydrogen-bond acceptors (Lipinski definition) is 5. The van der Waals surface area contributed by atoms with Gasteiger partial charge in [0.1, 0.15) is 17.3 Å². The minimum atomic E-state index is -0.0775. The van der Waals surface area contributed by atoms with Crippen LogP contribution in [-0.2, 0) is 4.79 Å². The van der Waals surface area contributed by atoms with Crippen LogP contribution < -0.4 is 9.47 Å². The highest BCUT2D eigenvalue weighted by molar-refractivity contribution is 6.33. The molecule has 5 nitrogen and oxygen atoms in total. The highest BCUT2D eigenvalue weighted by atomic mass is 35.5. The molecule has 0 saturated carbocycles. The minimum absolute atomic E-state index is 0.0192. The van der Waals surface area contributed by atoms with E-state index in [2.05, 4.69) is 0 Å². The monoisotopic (exact) mass is 498 g/mol. The Morgan fingerprint density at radius 2 is 1.37 bits per heavy atom. The smallest absolute Gasteiger partial charge is 0.166 e. The van der Waals surface area contributed by atoms with E-state index in [-0.39, 0.29) is 17.3 Å². The summed E-state index contributed by atoms with van der Waals surface area (Å²) in [6.45, 7) is 7.37. The number of aryl methyl sites for hydroxylation is 1. The Kier molecular flexibility index (Phi) is 10.7. The average Bonchev–Trinajstić information content (AvgIpc) is 2.86. The van der Waals surface area contributed by atoms with Crippen molar-refractivity contribution >= 4 is 34.5 Å². The largest absolute Gasteiger partial charge is 0.496 e. The number of carbonyl (C=O) groups excluding carboxylic acids is 3. The summed E-state index contributed by atoms with van der Waals surface area (Å²) in [6.07, 6.45) is 5.09. The first kappa shape index (κ1) is 28.3. The Morgan fingerprint density at radius 3 is 1.89 bits per heavy atom. The van der Waals surface area contributed by atoms with Crippen molar-refractivity contribution in [3.8, 4) is 11.5 Å². The van der Waals surface area contributed by atoms with E-state index in [9.17, 15) is 14.4 Å². The van der Waals surface area contributed by atoms with Crippen molar-refractivity contribution in [3.63, 3.8) is 0 Å². The number of ketones is 3. The van der Waals surface area contributed by atoms with Crippen LogP contribution in [0.1, 0.15) is 96.7 Å². The van der Waals surface area contributed by atoms with E-state index in [0.29, 0.717) is 66.2 Å². The molecule has 35 heavy (non-hydrogen) atoms. The first-order valence-electron chi connectivity index (χ1n) is 12.1. The van der Waals surface area contributed by atoms with Gasteiger partial charge in [0.05, 0.1) is 30.4 Å². The van der Waals surface area contributed by atoms with Gasteiger partial charge in [-0.2, -0.15) is 0 Å². The molecule has 2 rings (SSSR count). The highest BCUT2D eigenvalue weighted by Gasteiger charge is 2.20. The van der Waals surface area contributed by atoms with Crippen LogP contribution in [0.4, 0.5) is 0 Å². The van der Waals surface area contributed by atoms with Crippen LogP contribution in [0, 0.1) is 6.92 Å². The van der Waals surface area contributed by atoms with Gasteiger partial charge in [-0.15, -0.1) is 0 Å². The first-order valence-corrected chi connectivity index (χ1v) is 12.4. The van der Waals surface area contributed by atoms with Crippen LogP contribution in [0.25, 0.3) is 5.57 Å². The van der Waals surface area contributed by atoms with Crippen molar-refractivity contribution < 1.29 is 23.9 Å². The number of methoxy groups -OCH3 is 2. The molecule has 0 fully saturated rings. The van der Waals surface area contributed by atoms with Crippen molar-refractivity contribution in [2.75, 3.05) is 14.2 Å². The molecular formula is C29H35ClO5. The second-order valence-corrected chi connectivity index (χ2v) is 8.78. The lowest BCUT2D eigenvalue weighted by Crippen LogP contribution is -2.05. The van der Waals surface area contributed by atoms with E-state index in [1.54, 1.807) is 26.2 Å². The van der Waals surface area contributed by atoms with Crippen LogP contribution in [0.3, 0.4) is 0 Å². The molecule has 0 unspecified atom stereocenters. The maximum Gasteiger partial charge on any atom is 0.166 e. The van der Waals surface area contributed by atoms with Gasteiger partial charge in [-0.05, 0) is 66.3 Å². The lowest BCUT2D eigenvalue weighted by molar-refractivity contribution is -0.118. The van der Waals surface area contributed by atoms with Gasteiger partial charge in [-0.3, -0.25) is 14.4 Å². The molecule has 0 amide bonds. The maximum absolute atomic E-state index is 12.7. The number of ether oxygens (including phenoxy) is 2. The molecule has 0 radical (unpaired) electrons. The average molecular weight is 499 g/mol. The standard InChI is InChI=1S/C29H35ClO5/c1-7-21(31)12-10-11-13-22(19-14-18(4)28(34-5)23(15-19)26(32)8-2)20-16-24(27(33)9-3)29(35-6)25(30)17-20/h13-17H,7-12H2,1-6H3/b22-13-. The Labute approximate surface area is 213 Å². The molecule has 0 atom stereocenters. The van der Waals surface area contributed by atoms with Gasteiger partial charge in [0.2, 0.25) is 0 Å². The SMILES string of the molecule is CCC(=O)CCC/C=C(/c1cc(C)c(OC)c(C(=O)CC)c1)c1cc(Cl)c(OC)c(C(=O)CC)c1. The van der Waals surface area contributed by atoms with E-state index < -0.39 is 0 Å². The van der Waals surface area contributed by atoms with E-state index in [1.165, 1.54) is 7.11 Å². The summed E-state index contributed by atoms with van der Waals surface area (Å²) in [5.41, 5.74) is 4.16. The van der Waals surface area contributed by atoms with E-state index in [1.807, 2.05) is 39.0 Å². The second-order valence-electron chi connectivity index (χ2n) is 8.37. The second kappa shape index (κ2) is 13.2. The third-order valence-corrected chi connectivity index (χ3v) is 6.27. The fourth-order valence-corrected chi connectivity index (χ4v) is 4.37. The molecule has 0 spiro atoms. The van der Waals surface area contributed by atoms with Gasteiger partial charge < -0.3 is 9.47 Å². The molecule has 0 heterocycles. The van der Waals surface area contributed by atoms with E-state index in [0.717, 1.165) is 22.3 Å². The molecule has 2 aromatic rings. The molecule has 2 aromatic carbocycles. The van der Waals surface area contributed by atoms with Gasteiger partial charge >= 0.3 is 0 Å². The predicted molar refractivity (Wildman–Crippen MR) is 141 cm³/mol. The van der Waals surface area contributed by atoms with Gasteiger partial charge in [0.15, 0.2) is 11.6 Å². The molecule has 0 aliphatic carbocycles. The molecule has 6 heteroatoms. The highest BCUT2D eigenvalue weighted by Crippen LogP contribution is 2.37. The zero-order valence-electron chi connectivity index (χ0n) is 21.5. The normalized spacial score (nSPS) is 11.3.